The van der Waals surface area contributed by atoms with Gasteiger partial charge < -0.3 is 4.90 Å². The van der Waals surface area contributed by atoms with Crippen molar-refractivity contribution in [2.45, 2.75) is 31.7 Å². The van der Waals surface area contributed by atoms with E-state index in [9.17, 15) is 0 Å². The van der Waals surface area contributed by atoms with Gasteiger partial charge in [-0.25, -0.2) is 0 Å². The number of rotatable bonds is 0. The van der Waals surface area contributed by atoms with Crippen LogP contribution in [0, 0.1) is 0 Å². The minimum absolute atomic E-state index is 0. The molecule has 1 atom stereocenters. The molecule has 0 N–H and O–H groups in total. The number of hydrogen-bond acceptors (Lipinski definition) is 1. The third kappa shape index (κ3) is 1.27. The first-order valence-corrected chi connectivity index (χ1v) is 3.80. The molecule has 0 aromatic rings. The molecule has 10 heavy (non-hydrogen) atoms. The topological polar surface area (TPSA) is 3.24 Å². The maximum atomic E-state index is 2.45. The van der Waals surface area contributed by atoms with E-state index >= 15 is 0 Å². The van der Waals surface area contributed by atoms with Crippen molar-refractivity contribution < 1.29 is 0 Å². The van der Waals surface area contributed by atoms with Gasteiger partial charge in [0.05, 0.1) is 0 Å². The van der Waals surface area contributed by atoms with Gasteiger partial charge in [0.15, 0.2) is 0 Å². The molecule has 51 valence electrons. The van der Waals surface area contributed by atoms with E-state index < -0.39 is 0 Å². The molecule has 1 radical (unpaired) electrons. The van der Waals surface area contributed by atoms with Crippen LogP contribution in [0.15, 0.2) is 11.8 Å². The zero-order chi connectivity index (χ0) is 6.27. The van der Waals surface area contributed by atoms with Crippen LogP contribution in [-0.4, -0.2) is 47.5 Å². The molecule has 0 amide bonds. The fraction of sp³-hybridized carbons (Fsp3) is 0.750. The number of hydrogen-bond donors (Lipinski definition) is 0. The number of nitrogens with zero attached hydrogens (tertiary/aromatic N) is 1. The van der Waals surface area contributed by atoms with Crippen molar-refractivity contribution >= 4 is 29.6 Å². The number of allylic oxidation sites excluding steroid dienone is 2. The summed E-state index contributed by atoms with van der Waals surface area (Å²) in [5.41, 5.74) is 1.59. The Labute approximate surface area is 84.8 Å². The molecule has 0 spiro atoms. The summed E-state index contributed by atoms with van der Waals surface area (Å²) < 4.78 is 0. The van der Waals surface area contributed by atoms with Crippen molar-refractivity contribution in [3.63, 3.8) is 0 Å². The van der Waals surface area contributed by atoms with Crippen LogP contribution in [0.25, 0.3) is 0 Å². The fourth-order valence-corrected chi connectivity index (χ4v) is 1.95. The maximum Gasteiger partial charge on any atom is 0.0290 e. The Bertz CT molecular complexity index is 151. The number of fused-ring (bicyclic) bond motifs is 2. The van der Waals surface area contributed by atoms with Gasteiger partial charge >= 0.3 is 0 Å². The maximum absolute atomic E-state index is 2.45. The zero-order valence-corrected chi connectivity index (χ0v) is 8.93. The SMILES string of the molecule is CN1C2=CCC[C@@H]1CC2.[Na]. The molecule has 0 aromatic heterocycles. The monoisotopic (exact) mass is 146 g/mol. The molecule has 2 aliphatic rings. The van der Waals surface area contributed by atoms with Crippen LogP contribution in [0.2, 0.25) is 0 Å². The van der Waals surface area contributed by atoms with Gasteiger partial charge in [-0.1, -0.05) is 6.08 Å². The molecule has 0 aliphatic carbocycles. The fourth-order valence-electron chi connectivity index (χ4n) is 1.95. The van der Waals surface area contributed by atoms with Crippen molar-refractivity contribution in [2.24, 2.45) is 0 Å². The molecule has 1 nitrogen and oxygen atoms in total. The van der Waals surface area contributed by atoms with Crippen molar-refractivity contribution in [3.05, 3.63) is 11.8 Å². The predicted molar refractivity (Wildman–Crippen MR) is 43.9 cm³/mol. The van der Waals surface area contributed by atoms with Crippen LogP contribution in [0.4, 0.5) is 0 Å². The van der Waals surface area contributed by atoms with E-state index in [0.717, 1.165) is 6.04 Å². The van der Waals surface area contributed by atoms with Gasteiger partial charge in [0, 0.05) is 48.3 Å². The van der Waals surface area contributed by atoms with E-state index in [4.69, 9.17) is 0 Å². The van der Waals surface area contributed by atoms with Gasteiger partial charge in [-0.2, -0.15) is 0 Å². The van der Waals surface area contributed by atoms with Crippen LogP contribution >= 0.6 is 0 Å². The summed E-state index contributed by atoms with van der Waals surface area (Å²) in [6.07, 6.45) is 7.84. The summed E-state index contributed by atoms with van der Waals surface area (Å²) in [7, 11) is 2.22. The summed E-state index contributed by atoms with van der Waals surface area (Å²) in [5, 5.41) is 0. The molecule has 2 rings (SSSR count). The summed E-state index contributed by atoms with van der Waals surface area (Å²) in [5.74, 6) is 0. The molecule has 2 heterocycles. The molecule has 0 unspecified atom stereocenters. The normalized spacial score (nSPS) is 29.5. The van der Waals surface area contributed by atoms with Crippen molar-refractivity contribution in [2.75, 3.05) is 7.05 Å². The van der Waals surface area contributed by atoms with Gasteiger partial charge in [-0.3, -0.25) is 0 Å². The first kappa shape index (κ1) is 8.63. The molecular weight excluding hydrogens is 133 g/mol. The third-order valence-corrected chi connectivity index (χ3v) is 2.61. The van der Waals surface area contributed by atoms with Gasteiger partial charge in [0.25, 0.3) is 0 Å². The van der Waals surface area contributed by atoms with E-state index in [1.165, 1.54) is 25.7 Å². The standard InChI is InChI=1S/C8H13N.Na/c1-9-7-3-2-4-8(9)6-5-7;/h3,8H,2,4-6H2,1H3;/t8-;/m1./s1. The van der Waals surface area contributed by atoms with E-state index in [1.807, 2.05) is 0 Å². The van der Waals surface area contributed by atoms with Gasteiger partial charge in [-0.05, 0) is 25.7 Å². The van der Waals surface area contributed by atoms with E-state index in [1.54, 1.807) is 5.70 Å². The first-order chi connectivity index (χ1) is 4.38. The van der Waals surface area contributed by atoms with Crippen LogP contribution in [0.3, 0.4) is 0 Å². The molecule has 2 heteroatoms. The molecule has 0 aromatic carbocycles. The quantitative estimate of drug-likeness (QED) is 0.467. The van der Waals surface area contributed by atoms with Crippen molar-refractivity contribution in [3.8, 4) is 0 Å². The molecule has 1 fully saturated rings. The zero-order valence-electron chi connectivity index (χ0n) is 6.93. The minimum atomic E-state index is 0. The summed E-state index contributed by atoms with van der Waals surface area (Å²) in [6, 6.07) is 0.894. The largest absolute Gasteiger partial charge is 0.375 e. The van der Waals surface area contributed by atoms with Crippen LogP contribution < -0.4 is 0 Å². The van der Waals surface area contributed by atoms with Crippen LogP contribution in [-0.2, 0) is 0 Å². The van der Waals surface area contributed by atoms with Gasteiger partial charge in [0.2, 0.25) is 0 Å². The van der Waals surface area contributed by atoms with Gasteiger partial charge in [0.1, 0.15) is 0 Å². The third-order valence-electron chi connectivity index (χ3n) is 2.61. The molecule has 2 bridgehead atoms. The molecular formula is C8H13NNa. The van der Waals surface area contributed by atoms with E-state index in [2.05, 4.69) is 18.0 Å². The molecule has 0 saturated carbocycles. The Morgan fingerprint density at radius 3 is 2.90 bits per heavy atom. The Kier molecular flexibility index (Phi) is 2.84. The second-order valence-corrected chi connectivity index (χ2v) is 3.08. The van der Waals surface area contributed by atoms with E-state index in [-0.39, 0.29) is 29.6 Å². The summed E-state index contributed by atoms with van der Waals surface area (Å²) >= 11 is 0. The average Bonchev–Trinajstić information content (AvgIpc) is 2.19. The predicted octanol–water partition coefficient (Wildman–Crippen LogP) is 1.38. The Balaban J connectivity index is 0.000000500. The second-order valence-electron chi connectivity index (χ2n) is 3.08. The van der Waals surface area contributed by atoms with Crippen LogP contribution in [0.5, 0.6) is 0 Å². The van der Waals surface area contributed by atoms with Gasteiger partial charge in [-0.15, -0.1) is 0 Å². The molecule has 1 saturated heterocycles. The summed E-state index contributed by atoms with van der Waals surface area (Å²) in [6.45, 7) is 0. The summed E-state index contributed by atoms with van der Waals surface area (Å²) in [4.78, 5) is 2.45. The Morgan fingerprint density at radius 1 is 1.50 bits per heavy atom. The Morgan fingerprint density at radius 2 is 2.30 bits per heavy atom. The minimum Gasteiger partial charge on any atom is -0.375 e. The van der Waals surface area contributed by atoms with Crippen molar-refractivity contribution in [1.82, 2.24) is 4.90 Å². The second kappa shape index (κ2) is 3.29. The van der Waals surface area contributed by atoms with Crippen molar-refractivity contribution in [1.29, 1.82) is 0 Å². The molecule has 2 aliphatic heterocycles. The Hall–Kier alpha value is 0.540. The van der Waals surface area contributed by atoms with E-state index in [0.29, 0.717) is 0 Å². The van der Waals surface area contributed by atoms with Crippen LogP contribution in [0.1, 0.15) is 25.7 Å². The average molecular weight is 146 g/mol. The first-order valence-electron chi connectivity index (χ1n) is 3.80. The smallest absolute Gasteiger partial charge is 0.0290 e.